The molecule has 2 aromatic heterocycles. The molecule has 1 aromatic carbocycles. The molecular weight excluding hydrogens is 402 g/mol. The maximum atomic E-state index is 12.9. The first-order valence-corrected chi connectivity index (χ1v) is 10.9. The zero-order valence-corrected chi connectivity index (χ0v) is 17.9. The van der Waals surface area contributed by atoms with Crippen LogP contribution in [0.4, 0.5) is 5.13 Å². The Kier molecular flexibility index (Phi) is 6.10. The second-order valence-electron chi connectivity index (χ2n) is 7.31. The molecule has 0 aliphatic carbocycles. The first kappa shape index (κ1) is 20.5. The van der Waals surface area contributed by atoms with E-state index in [9.17, 15) is 9.59 Å². The number of rotatable bonds is 7. The van der Waals surface area contributed by atoms with E-state index in [0.29, 0.717) is 41.0 Å². The van der Waals surface area contributed by atoms with Crippen LogP contribution in [-0.2, 0) is 22.6 Å². The summed E-state index contributed by atoms with van der Waals surface area (Å²) in [6.07, 6.45) is 1.67. The summed E-state index contributed by atoms with van der Waals surface area (Å²) in [5, 5.41) is 3.70. The van der Waals surface area contributed by atoms with Gasteiger partial charge >= 0.3 is 0 Å². The predicted octanol–water partition coefficient (Wildman–Crippen LogP) is 2.09. The zero-order chi connectivity index (χ0) is 21.1. The molecule has 0 spiro atoms. The summed E-state index contributed by atoms with van der Waals surface area (Å²) in [6, 6.07) is 9.56. The van der Waals surface area contributed by atoms with Gasteiger partial charge in [0.1, 0.15) is 11.9 Å². The van der Waals surface area contributed by atoms with Crippen LogP contribution < -0.4 is 15.8 Å². The number of anilines is 1. The van der Waals surface area contributed by atoms with E-state index in [2.05, 4.69) is 15.3 Å². The van der Waals surface area contributed by atoms with Crippen molar-refractivity contribution in [3.05, 3.63) is 52.1 Å². The molecule has 158 valence electrons. The third kappa shape index (κ3) is 4.08. The number of carbonyl (C=O) groups excluding carboxylic acids is 1. The molecule has 1 fully saturated rings. The Hall–Kier alpha value is -2.78. The van der Waals surface area contributed by atoms with Crippen LogP contribution in [0.5, 0.6) is 0 Å². The van der Waals surface area contributed by atoms with E-state index in [1.54, 1.807) is 11.7 Å². The molecule has 1 amide bonds. The highest BCUT2D eigenvalue weighted by molar-refractivity contribution is 7.21. The average Bonchev–Trinajstić information content (AvgIpc) is 3.40. The molecule has 1 atom stereocenters. The fourth-order valence-corrected chi connectivity index (χ4v) is 4.79. The summed E-state index contributed by atoms with van der Waals surface area (Å²) >= 11 is 1.37. The molecule has 0 radical (unpaired) electrons. The van der Waals surface area contributed by atoms with Crippen LogP contribution in [-0.4, -0.2) is 46.7 Å². The van der Waals surface area contributed by atoms with E-state index < -0.39 is 0 Å². The highest BCUT2D eigenvalue weighted by Gasteiger charge is 2.33. The standard InChI is InChI=1S/C21H25N5O3S/c1-14-23-19-17(20(28)25(14)11-12-29-2)24-21(30-19)26-10-6-9-16(26)18(27)22-13-15-7-4-3-5-8-15/h3-5,7-8,16H,6,9-13H2,1-2H3,(H,22,27). The number of hydrogen-bond acceptors (Lipinski definition) is 7. The number of amides is 1. The number of methoxy groups -OCH3 is 1. The lowest BCUT2D eigenvalue weighted by molar-refractivity contribution is -0.122. The van der Waals surface area contributed by atoms with Crippen LogP contribution in [0.15, 0.2) is 35.1 Å². The lowest BCUT2D eigenvalue weighted by Gasteiger charge is -2.23. The molecule has 3 aromatic rings. The molecule has 1 aliphatic heterocycles. The van der Waals surface area contributed by atoms with Crippen LogP contribution in [0.3, 0.4) is 0 Å². The molecule has 1 unspecified atom stereocenters. The number of nitrogens with zero attached hydrogens (tertiary/aromatic N) is 4. The van der Waals surface area contributed by atoms with Crippen molar-refractivity contribution >= 4 is 32.7 Å². The Bertz CT molecular complexity index is 1100. The number of aryl methyl sites for hydroxylation is 1. The van der Waals surface area contributed by atoms with Gasteiger partial charge in [0.05, 0.1) is 13.2 Å². The first-order valence-electron chi connectivity index (χ1n) is 10.0. The topological polar surface area (TPSA) is 89.3 Å². The maximum absolute atomic E-state index is 12.9. The Morgan fingerprint density at radius 1 is 1.30 bits per heavy atom. The molecule has 4 rings (SSSR count). The van der Waals surface area contributed by atoms with Crippen LogP contribution >= 0.6 is 11.3 Å². The number of aromatic nitrogens is 3. The van der Waals surface area contributed by atoms with Gasteiger partial charge in [-0.15, -0.1) is 0 Å². The van der Waals surface area contributed by atoms with Gasteiger partial charge in [0.2, 0.25) is 5.91 Å². The summed E-state index contributed by atoms with van der Waals surface area (Å²) in [5.41, 5.74) is 1.25. The molecule has 8 nitrogen and oxygen atoms in total. The van der Waals surface area contributed by atoms with Crippen LogP contribution in [0.2, 0.25) is 0 Å². The number of hydrogen-bond donors (Lipinski definition) is 1. The fourth-order valence-electron chi connectivity index (χ4n) is 3.74. The smallest absolute Gasteiger partial charge is 0.281 e. The van der Waals surface area contributed by atoms with E-state index in [1.165, 1.54) is 11.3 Å². The lowest BCUT2D eigenvalue weighted by Crippen LogP contribution is -2.43. The second-order valence-corrected chi connectivity index (χ2v) is 8.27. The minimum Gasteiger partial charge on any atom is -0.383 e. The van der Waals surface area contributed by atoms with Crippen LogP contribution in [0.1, 0.15) is 24.2 Å². The molecule has 1 aliphatic rings. The molecule has 9 heteroatoms. The Labute approximate surface area is 178 Å². The highest BCUT2D eigenvalue weighted by Crippen LogP contribution is 2.31. The van der Waals surface area contributed by atoms with Gasteiger partial charge in [-0.2, -0.15) is 0 Å². The zero-order valence-electron chi connectivity index (χ0n) is 17.1. The van der Waals surface area contributed by atoms with E-state index in [4.69, 9.17) is 4.74 Å². The Morgan fingerprint density at radius 3 is 2.87 bits per heavy atom. The van der Waals surface area contributed by atoms with Crippen molar-refractivity contribution in [1.82, 2.24) is 19.9 Å². The van der Waals surface area contributed by atoms with Gasteiger partial charge in [0.15, 0.2) is 15.5 Å². The van der Waals surface area contributed by atoms with E-state index in [1.807, 2.05) is 42.2 Å². The highest BCUT2D eigenvalue weighted by atomic mass is 32.1. The molecule has 1 N–H and O–H groups in total. The number of ether oxygens (including phenoxy) is 1. The van der Waals surface area contributed by atoms with Crippen molar-refractivity contribution in [3.63, 3.8) is 0 Å². The van der Waals surface area contributed by atoms with Crippen LogP contribution in [0.25, 0.3) is 10.3 Å². The summed E-state index contributed by atoms with van der Waals surface area (Å²) in [5.74, 6) is 0.621. The molecule has 3 heterocycles. The van der Waals surface area contributed by atoms with Crippen molar-refractivity contribution in [2.75, 3.05) is 25.2 Å². The Balaban J connectivity index is 1.55. The number of carbonyl (C=O) groups is 1. The van der Waals surface area contributed by atoms with Gasteiger partial charge in [0, 0.05) is 20.2 Å². The summed E-state index contributed by atoms with van der Waals surface area (Å²) in [6.45, 7) is 3.91. The van der Waals surface area contributed by atoms with E-state index >= 15 is 0 Å². The lowest BCUT2D eigenvalue weighted by atomic mass is 10.2. The summed E-state index contributed by atoms with van der Waals surface area (Å²) in [7, 11) is 1.60. The maximum Gasteiger partial charge on any atom is 0.281 e. The van der Waals surface area contributed by atoms with Crippen LogP contribution in [0, 0.1) is 6.92 Å². The van der Waals surface area contributed by atoms with Gasteiger partial charge in [-0.05, 0) is 25.3 Å². The molecular formula is C21H25N5O3S. The minimum atomic E-state index is -0.286. The van der Waals surface area contributed by atoms with Gasteiger partial charge < -0.3 is 15.0 Å². The monoisotopic (exact) mass is 427 g/mol. The van der Waals surface area contributed by atoms with Crippen molar-refractivity contribution in [2.24, 2.45) is 0 Å². The van der Waals surface area contributed by atoms with E-state index in [-0.39, 0.29) is 17.5 Å². The first-order chi connectivity index (χ1) is 14.6. The molecule has 0 saturated carbocycles. The quantitative estimate of drug-likeness (QED) is 0.621. The number of benzene rings is 1. The number of thiazole rings is 1. The summed E-state index contributed by atoms with van der Waals surface area (Å²) < 4.78 is 6.68. The second kappa shape index (κ2) is 8.93. The van der Waals surface area contributed by atoms with E-state index in [0.717, 1.165) is 24.9 Å². The third-order valence-electron chi connectivity index (χ3n) is 5.33. The third-order valence-corrected chi connectivity index (χ3v) is 6.32. The SMILES string of the molecule is COCCn1c(C)nc2sc(N3CCCC3C(=O)NCc3ccccc3)nc2c1=O. The normalized spacial score (nSPS) is 16.3. The number of nitrogens with one attached hydrogen (secondary N) is 1. The Morgan fingerprint density at radius 2 is 2.10 bits per heavy atom. The molecule has 1 saturated heterocycles. The van der Waals surface area contributed by atoms with Crippen molar-refractivity contribution < 1.29 is 9.53 Å². The largest absolute Gasteiger partial charge is 0.383 e. The van der Waals surface area contributed by atoms with Gasteiger partial charge in [-0.3, -0.25) is 14.2 Å². The minimum absolute atomic E-state index is 0.0164. The van der Waals surface area contributed by atoms with Crippen molar-refractivity contribution in [3.8, 4) is 0 Å². The fraction of sp³-hybridized carbons (Fsp3) is 0.429. The van der Waals surface area contributed by atoms with Crippen molar-refractivity contribution in [2.45, 2.75) is 38.9 Å². The van der Waals surface area contributed by atoms with Gasteiger partial charge in [-0.25, -0.2) is 9.97 Å². The van der Waals surface area contributed by atoms with Gasteiger partial charge in [0.25, 0.3) is 5.56 Å². The van der Waals surface area contributed by atoms with Gasteiger partial charge in [-0.1, -0.05) is 41.7 Å². The number of fused-ring (bicyclic) bond motifs is 1. The summed E-state index contributed by atoms with van der Waals surface area (Å²) in [4.78, 5) is 37.5. The average molecular weight is 428 g/mol. The molecule has 30 heavy (non-hydrogen) atoms. The predicted molar refractivity (Wildman–Crippen MR) is 117 cm³/mol. The molecule has 0 bridgehead atoms. The van der Waals surface area contributed by atoms with Crippen molar-refractivity contribution in [1.29, 1.82) is 0 Å².